The van der Waals surface area contributed by atoms with Gasteiger partial charge in [0.2, 0.25) is 0 Å². The van der Waals surface area contributed by atoms with Gasteiger partial charge in [-0.2, -0.15) is 0 Å². The van der Waals surface area contributed by atoms with Crippen LogP contribution in [0.3, 0.4) is 0 Å². The number of benzene rings is 1. The fraction of sp³-hybridized carbons (Fsp3) is 0.533. The molecule has 1 aliphatic carbocycles. The molecular formula is C15H21NO2. The Morgan fingerprint density at radius 1 is 1.22 bits per heavy atom. The van der Waals surface area contributed by atoms with Crippen molar-refractivity contribution in [1.29, 1.82) is 0 Å². The number of hydrogen-bond donors (Lipinski definition) is 1. The average molecular weight is 247 g/mol. The molecule has 0 atom stereocenters. The molecule has 0 aliphatic heterocycles. The fourth-order valence-corrected chi connectivity index (χ4v) is 2.60. The van der Waals surface area contributed by atoms with Crippen LogP contribution in [0.4, 0.5) is 0 Å². The van der Waals surface area contributed by atoms with Crippen molar-refractivity contribution in [2.75, 3.05) is 7.11 Å². The van der Waals surface area contributed by atoms with E-state index in [0.29, 0.717) is 6.04 Å². The molecule has 1 N–H and O–H groups in total. The standard InChI is InChI=1S/C15H21NO2/c1-10-11(2)14(18-3)9-8-13(10)15(17)16-12-6-4-5-7-12/h8-9,12H,4-7H2,1-3H3,(H,16,17). The molecular weight excluding hydrogens is 226 g/mol. The van der Waals surface area contributed by atoms with Gasteiger partial charge in [0.15, 0.2) is 0 Å². The van der Waals surface area contributed by atoms with Crippen molar-refractivity contribution in [3.63, 3.8) is 0 Å². The Morgan fingerprint density at radius 2 is 1.89 bits per heavy atom. The summed E-state index contributed by atoms with van der Waals surface area (Å²) < 4.78 is 5.26. The van der Waals surface area contributed by atoms with E-state index in [1.165, 1.54) is 12.8 Å². The van der Waals surface area contributed by atoms with Crippen LogP contribution in [-0.2, 0) is 0 Å². The first-order valence-electron chi connectivity index (χ1n) is 6.58. The van der Waals surface area contributed by atoms with E-state index in [2.05, 4.69) is 5.32 Å². The summed E-state index contributed by atoms with van der Waals surface area (Å²) in [4.78, 5) is 12.2. The number of hydrogen-bond acceptors (Lipinski definition) is 2. The Morgan fingerprint density at radius 3 is 2.50 bits per heavy atom. The Balaban J connectivity index is 2.17. The van der Waals surface area contributed by atoms with Gasteiger partial charge in [0.1, 0.15) is 5.75 Å². The van der Waals surface area contributed by atoms with Crippen molar-refractivity contribution in [3.8, 4) is 5.75 Å². The van der Waals surface area contributed by atoms with Crippen LogP contribution in [0.15, 0.2) is 12.1 Å². The van der Waals surface area contributed by atoms with Gasteiger partial charge in [0, 0.05) is 11.6 Å². The third kappa shape index (κ3) is 2.50. The molecule has 0 aromatic heterocycles. The first-order valence-corrected chi connectivity index (χ1v) is 6.58. The highest BCUT2D eigenvalue weighted by Crippen LogP contribution is 2.24. The maximum absolute atomic E-state index is 12.2. The molecule has 0 heterocycles. The molecule has 1 aromatic rings. The molecule has 1 amide bonds. The number of ether oxygens (including phenoxy) is 1. The number of amides is 1. The monoisotopic (exact) mass is 247 g/mol. The Labute approximate surface area is 109 Å². The van der Waals surface area contributed by atoms with E-state index in [9.17, 15) is 4.79 Å². The summed E-state index contributed by atoms with van der Waals surface area (Å²) in [5, 5.41) is 3.12. The Hall–Kier alpha value is -1.51. The molecule has 1 fully saturated rings. The molecule has 1 saturated carbocycles. The molecule has 0 saturated heterocycles. The Bertz CT molecular complexity index is 448. The second-order valence-electron chi connectivity index (χ2n) is 5.02. The number of carbonyl (C=O) groups is 1. The minimum atomic E-state index is 0.0464. The normalized spacial score (nSPS) is 15.7. The van der Waals surface area contributed by atoms with Crippen molar-refractivity contribution in [2.24, 2.45) is 0 Å². The zero-order valence-electron chi connectivity index (χ0n) is 11.4. The molecule has 0 bridgehead atoms. The van der Waals surface area contributed by atoms with E-state index >= 15 is 0 Å². The number of rotatable bonds is 3. The summed E-state index contributed by atoms with van der Waals surface area (Å²) in [5.41, 5.74) is 2.81. The molecule has 3 heteroatoms. The van der Waals surface area contributed by atoms with Gasteiger partial charge in [0.05, 0.1) is 7.11 Å². The molecule has 0 unspecified atom stereocenters. The van der Waals surface area contributed by atoms with E-state index < -0.39 is 0 Å². The van der Waals surface area contributed by atoms with E-state index in [-0.39, 0.29) is 5.91 Å². The fourth-order valence-electron chi connectivity index (χ4n) is 2.60. The lowest BCUT2D eigenvalue weighted by atomic mass is 10.0. The quantitative estimate of drug-likeness (QED) is 0.891. The van der Waals surface area contributed by atoms with Gasteiger partial charge in [0.25, 0.3) is 5.91 Å². The van der Waals surface area contributed by atoms with Crippen molar-refractivity contribution in [3.05, 3.63) is 28.8 Å². The summed E-state index contributed by atoms with van der Waals surface area (Å²) in [5.74, 6) is 0.884. The molecule has 3 nitrogen and oxygen atoms in total. The van der Waals surface area contributed by atoms with Crippen LogP contribution in [0.25, 0.3) is 0 Å². The highest BCUT2D eigenvalue weighted by molar-refractivity contribution is 5.96. The Kier molecular flexibility index (Phi) is 3.90. The molecule has 0 spiro atoms. The van der Waals surface area contributed by atoms with Crippen LogP contribution < -0.4 is 10.1 Å². The average Bonchev–Trinajstić information content (AvgIpc) is 2.85. The number of nitrogens with one attached hydrogen (secondary N) is 1. The van der Waals surface area contributed by atoms with E-state index in [0.717, 1.165) is 35.3 Å². The number of methoxy groups -OCH3 is 1. The second kappa shape index (κ2) is 5.42. The van der Waals surface area contributed by atoms with E-state index in [4.69, 9.17) is 4.74 Å². The predicted octanol–water partition coefficient (Wildman–Crippen LogP) is 2.98. The zero-order valence-corrected chi connectivity index (χ0v) is 11.4. The van der Waals surface area contributed by atoms with Gasteiger partial charge in [-0.15, -0.1) is 0 Å². The summed E-state index contributed by atoms with van der Waals surface area (Å²) in [6, 6.07) is 4.08. The van der Waals surface area contributed by atoms with Gasteiger partial charge < -0.3 is 10.1 Å². The van der Waals surface area contributed by atoms with Gasteiger partial charge in [-0.3, -0.25) is 4.79 Å². The summed E-state index contributed by atoms with van der Waals surface area (Å²) >= 11 is 0. The van der Waals surface area contributed by atoms with Crippen LogP contribution in [0.2, 0.25) is 0 Å². The van der Waals surface area contributed by atoms with Crippen molar-refractivity contribution in [1.82, 2.24) is 5.32 Å². The molecule has 0 radical (unpaired) electrons. The van der Waals surface area contributed by atoms with Gasteiger partial charge in [-0.05, 0) is 49.9 Å². The maximum atomic E-state index is 12.2. The van der Waals surface area contributed by atoms with Crippen molar-refractivity contribution < 1.29 is 9.53 Å². The zero-order chi connectivity index (χ0) is 13.1. The lowest BCUT2D eigenvalue weighted by Gasteiger charge is -2.15. The SMILES string of the molecule is COc1ccc(C(=O)NC2CCCC2)c(C)c1C. The first kappa shape index (κ1) is 12.9. The lowest BCUT2D eigenvalue weighted by Crippen LogP contribution is -2.33. The van der Waals surface area contributed by atoms with Gasteiger partial charge in [-0.25, -0.2) is 0 Å². The topological polar surface area (TPSA) is 38.3 Å². The van der Waals surface area contributed by atoms with Crippen LogP contribution in [0.1, 0.15) is 47.2 Å². The first-order chi connectivity index (χ1) is 8.63. The van der Waals surface area contributed by atoms with E-state index in [1.807, 2.05) is 26.0 Å². The van der Waals surface area contributed by atoms with Crippen LogP contribution >= 0.6 is 0 Å². The molecule has 2 rings (SSSR count). The summed E-state index contributed by atoms with van der Waals surface area (Å²) in [6.07, 6.45) is 4.68. The van der Waals surface area contributed by atoms with Gasteiger partial charge >= 0.3 is 0 Å². The highest BCUT2D eigenvalue weighted by Gasteiger charge is 2.19. The summed E-state index contributed by atoms with van der Waals surface area (Å²) in [6.45, 7) is 3.96. The van der Waals surface area contributed by atoms with Crippen LogP contribution in [0, 0.1) is 13.8 Å². The highest BCUT2D eigenvalue weighted by atomic mass is 16.5. The third-order valence-corrected chi connectivity index (χ3v) is 3.89. The van der Waals surface area contributed by atoms with E-state index in [1.54, 1.807) is 7.11 Å². The minimum Gasteiger partial charge on any atom is -0.496 e. The minimum absolute atomic E-state index is 0.0464. The molecule has 98 valence electrons. The molecule has 18 heavy (non-hydrogen) atoms. The second-order valence-corrected chi connectivity index (χ2v) is 5.02. The van der Waals surface area contributed by atoms with Crippen LogP contribution in [0.5, 0.6) is 5.75 Å². The largest absolute Gasteiger partial charge is 0.496 e. The predicted molar refractivity (Wildman–Crippen MR) is 72.2 cm³/mol. The third-order valence-electron chi connectivity index (χ3n) is 3.89. The lowest BCUT2D eigenvalue weighted by molar-refractivity contribution is 0.0937. The summed E-state index contributed by atoms with van der Waals surface area (Å²) in [7, 11) is 1.65. The smallest absolute Gasteiger partial charge is 0.251 e. The maximum Gasteiger partial charge on any atom is 0.251 e. The number of carbonyl (C=O) groups excluding carboxylic acids is 1. The van der Waals surface area contributed by atoms with Crippen LogP contribution in [-0.4, -0.2) is 19.1 Å². The van der Waals surface area contributed by atoms with Crippen molar-refractivity contribution >= 4 is 5.91 Å². The van der Waals surface area contributed by atoms with Crippen molar-refractivity contribution in [2.45, 2.75) is 45.6 Å². The van der Waals surface area contributed by atoms with Gasteiger partial charge in [-0.1, -0.05) is 12.8 Å². The molecule has 1 aromatic carbocycles. The molecule has 1 aliphatic rings.